The van der Waals surface area contributed by atoms with Gasteiger partial charge in [0.2, 0.25) is 0 Å². The SMILES string of the molecule is CCCCCCc1ccsc1CP(=O)(O)O. The van der Waals surface area contributed by atoms with Crippen LogP contribution in [0.3, 0.4) is 0 Å². The van der Waals surface area contributed by atoms with Crippen LogP contribution in [-0.4, -0.2) is 9.79 Å². The first-order chi connectivity index (χ1) is 7.53. The number of hydrogen-bond donors (Lipinski definition) is 2. The Balaban J connectivity index is 2.47. The maximum atomic E-state index is 10.9. The van der Waals surface area contributed by atoms with Crippen LogP contribution >= 0.6 is 18.9 Å². The summed E-state index contributed by atoms with van der Waals surface area (Å²) in [5.74, 6) is 0. The van der Waals surface area contributed by atoms with Gasteiger partial charge in [0.1, 0.15) is 0 Å². The van der Waals surface area contributed by atoms with E-state index in [0.717, 1.165) is 23.3 Å². The fourth-order valence-electron chi connectivity index (χ4n) is 1.66. The molecule has 16 heavy (non-hydrogen) atoms. The van der Waals surface area contributed by atoms with Gasteiger partial charge in [0.15, 0.2) is 0 Å². The maximum Gasteiger partial charge on any atom is 0.330 e. The lowest BCUT2D eigenvalue weighted by atomic mass is 10.1. The fourth-order valence-corrected chi connectivity index (χ4v) is 3.76. The van der Waals surface area contributed by atoms with Gasteiger partial charge in [-0.15, -0.1) is 11.3 Å². The number of aryl methyl sites for hydroxylation is 1. The molecule has 1 aromatic rings. The van der Waals surface area contributed by atoms with E-state index in [-0.39, 0.29) is 6.16 Å². The molecule has 1 rings (SSSR count). The van der Waals surface area contributed by atoms with Crippen molar-refractivity contribution in [2.45, 2.75) is 45.2 Å². The molecule has 0 spiro atoms. The van der Waals surface area contributed by atoms with Crippen molar-refractivity contribution in [3.05, 3.63) is 21.9 Å². The van der Waals surface area contributed by atoms with Gasteiger partial charge in [-0.1, -0.05) is 26.2 Å². The summed E-state index contributed by atoms with van der Waals surface area (Å²) in [6.45, 7) is 2.17. The highest BCUT2D eigenvalue weighted by Gasteiger charge is 2.17. The standard InChI is InChI=1S/C11H19O3PS/c1-2-3-4-5-6-10-7-8-16-11(10)9-15(12,13)14/h7-8H,2-6,9H2,1H3,(H2,12,13,14). The Labute approximate surface area is 101 Å². The normalized spacial score (nSPS) is 11.9. The van der Waals surface area contributed by atoms with Crippen molar-refractivity contribution in [3.8, 4) is 0 Å². The molecule has 92 valence electrons. The van der Waals surface area contributed by atoms with Gasteiger partial charge >= 0.3 is 7.60 Å². The Morgan fingerprint density at radius 1 is 1.31 bits per heavy atom. The first-order valence-electron chi connectivity index (χ1n) is 5.62. The highest BCUT2D eigenvalue weighted by Crippen LogP contribution is 2.41. The van der Waals surface area contributed by atoms with Crippen molar-refractivity contribution in [2.24, 2.45) is 0 Å². The van der Waals surface area contributed by atoms with Crippen molar-refractivity contribution in [1.29, 1.82) is 0 Å². The summed E-state index contributed by atoms with van der Waals surface area (Å²) in [5, 5.41) is 1.92. The third-order valence-corrected chi connectivity index (χ3v) is 4.39. The zero-order valence-corrected chi connectivity index (χ0v) is 11.3. The highest BCUT2D eigenvalue weighted by atomic mass is 32.1. The summed E-state index contributed by atoms with van der Waals surface area (Å²) in [4.78, 5) is 18.7. The zero-order valence-electron chi connectivity index (χ0n) is 9.56. The molecular weight excluding hydrogens is 243 g/mol. The van der Waals surface area contributed by atoms with Gasteiger partial charge in [0, 0.05) is 4.88 Å². The van der Waals surface area contributed by atoms with Crippen LogP contribution in [0.4, 0.5) is 0 Å². The van der Waals surface area contributed by atoms with Crippen LogP contribution < -0.4 is 0 Å². The molecule has 2 N–H and O–H groups in total. The molecule has 0 saturated heterocycles. The quantitative estimate of drug-likeness (QED) is 0.583. The van der Waals surface area contributed by atoms with Gasteiger partial charge in [-0.05, 0) is 29.9 Å². The molecular formula is C11H19O3PS. The molecule has 0 bridgehead atoms. The van der Waals surface area contributed by atoms with E-state index in [1.807, 2.05) is 11.4 Å². The zero-order chi connectivity index (χ0) is 12.0. The van der Waals surface area contributed by atoms with Crippen molar-refractivity contribution in [1.82, 2.24) is 0 Å². The molecule has 0 aromatic carbocycles. The Morgan fingerprint density at radius 3 is 2.69 bits per heavy atom. The largest absolute Gasteiger partial charge is 0.330 e. The average molecular weight is 262 g/mol. The molecule has 0 radical (unpaired) electrons. The van der Waals surface area contributed by atoms with Gasteiger partial charge in [0.05, 0.1) is 6.16 Å². The predicted molar refractivity (Wildman–Crippen MR) is 67.9 cm³/mol. The van der Waals surface area contributed by atoms with Crippen molar-refractivity contribution >= 4 is 18.9 Å². The first kappa shape index (κ1) is 13.9. The van der Waals surface area contributed by atoms with Crippen LogP contribution in [0.2, 0.25) is 0 Å². The molecule has 3 nitrogen and oxygen atoms in total. The van der Waals surface area contributed by atoms with Crippen LogP contribution in [0, 0.1) is 0 Å². The second kappa shape index (κ2) is 6.55. The number of unbranched alkanes of at least 4 members (excludes halogenated alkanes) is 3. The van der Waals surface area contributed by atoms with Crippen molar-refractivity contribution in [3.63, 3.8) is 0 Å². The van der Waals surface area contributed by atoms with E-state index in [1.165, 1.54) is 30.6 Å². The van der Waals surface area contributed by atoms with E-state index in [1.54, 1.807) is 0 Å². The molecule has 0 aliphatic rings. The van der Waals surface area contributed by atoms with Gasteiger partial charge in [-0.25, -0.2) is 0 Å². The summed E-state index contributed by atoms with van der Waals surface area (Å²) >= 11 is 1.45. The van der Waals surface area contributed by atoms with E-state index >= 15 is 0 Å². The molecule has 1 aromatic heterocycles. The van der Waals surface area contributed by atoms with Crippen LogP contribution in [0.5, 0.6) is 0 Å². The topological polar surface area (TPSA) is 57.5 Å². The maximum absolute atomic E-state index is 10.9. The minimum atomic E-state index is -3.92. The lowest BCUT2D eigenvalue weighted by molar-refractivity contribution is 0.372. The van der Waals surface area contributed by atoms with Gasteiger partial charge in [0.25, 0.3) is 0 Å². The number of thiophene rings is 1. The molecule has 0 aliphatic carbocycles. The Bertz CT molecular complexity index is 356. The molecule has 0 fully saturated rings. The summed E-state index contributed by atoms with van der Waals surface area (Å²) in [5.41, 5.74) is 1.12. The van der Waals surface area contributed by atoms with E-state index in [0.29, 0.717) is 0 Å². The summed E-state index contributed by atoms with van der Waals surface area (Å²) in [6.07, 6.45) is 5.59. The molecule has 0 aliphatic heterocycles. The third-order valence-electron chi connectivity index (χ3n) is 2.49. The molecule has 0 unspecified atom stereocenters. The van der Waals surface area contributed by atoms with Crippen molar-refractivity contribution in [2.75, 3.05) is 0 Å². The van der Waals surface area contributed by atoms with E-state index in [4.69, 9.17) is 9.79 Å². The minimum Gasteiger partial charge on any atom is -0.324 e. The van der Waals surface area contributed by atoms with Crippen LogP contribution in [0.25, 0.3) is 0 Å². The summed E-state index contributed by atoms with van der Waals surface area (Å²) in [7, 11) is -3.92. The summed E-state index contributed by atoms with van der Waals surface area (Å²) < 4.78 is 10.9. The third kappa shape index (κ3) is 5.26. The Morgan fingerprint density at radius 2 is 2.06 bits per heavy atom. The highest BCUT2D eigenvalue weighted by molar-refractivity contribution is 7.51. The van der Waals surface area contributed by atoms with Gasteiger partial charge in [-0.2, -0.15) is 0 Å². The average Bonchev–Trinajstić information content (AvgIpc) is 2.58. The lowest BCUT2D eigenvalue weighted by Crippen LogP contribution is -1.91. The van der Waals surface area contributed by atoms with Crippen LogP contribution in [0.15, 0.2) is 11.4 Å². The van der Waals surface area contributed by atoms with Gasteiger partial charge < -0.3 is 9.79 Å². The van der Waals surface area contributed by atoms with E-state index < -0.39 is 7.60 Å². The molecule has 0 atom stereocenters. The monoisotopic (exact) mass is 262 g/mol. The molecule has 0 saturated carbocycles. The number of rotatable bonds is 7. The minimum absolute atomic E-state index is 0.103. The van der Waals surface area contributed by atoms with Gasteiger partial charge in [-0.3, -0.25) is 4.57 Å². The second-order valence-corrected chi connectivity index (χ2v) is 6.65. The smallest absolute Gasteiger partial charge is 0.324 e. The van der Waals surface area contributed by atoms with Crippen LogP contribution in [-0.2, 0) is 17.1 Å². The molecule has 5 heteroatoms. The first-order valence-corrected chi connectivity index (χ1v) is 8.30. The van der Waals surface area contributed by atoms with Crippen LogP contribution in [0.1, 0.15) is 43.0 Å². The molecule has 1 heterocycles. The van der Waals surface area contributed by atoms with Crippen molar-refractivity contribution < 1.29 is 14.4 Å². The number of hydrogen-bond acceptors (Lipinski definition) is 2. The Kier molecular flexibility index (Phi) is 5.70. The molecule has 0 amide bonds. The fraction of sp³-hybridized carbons (Fsp3) is 0.636. The lowest BCUT2D eigenvalue weighted by Gasteiger charge is -2.05. The van der Waals surface area contributed by atoms with E-state index in [9.17, 15) is 4.57 Å². The predicted octanol–water partition coefficient (Wildman–Crippen LogP) is 3.55. The Hall–Kier alpha value is -0.150. The van der Waals surface area contributed by atoms with E-state index in [2.05, 4.69) is 6.92 Å². The second-order valence-electron chi connectivity index (χ2n) is 4.00. The summed E-state index contributed by atoms with van der Waals surface area (Å²) in [6, 6.07) is 1.99.